The Balaban J connectivity index is 3.26. The first-order valence-corrected chi connectivity index (χ1v) is 13.7. The molecule has 32 heavy (non-hydrogen) atoms. The zero-order valence-corrected chi connectivity index (χ0v) is 21.6. The molecule has 0 bridgehead atoms. The third-order valence-electron chi connectivity index (χ3n) is 5.75. The van der Waals surface area contributed by atoms with E-state index in [1.165, 1.54) is 51.4 Å². The third-order valence-corrected chi connectivity index (χ3v) is 5.75. The van der Waals surface area contributed by atoms with Crippen molar-refractivity contribution in [3.05, 3.63) is 0 Å². The predicted octanol–water partition coefficient (Wildman–Crippen LogP) is 1.68. The summed E-state index contributed by atoms with van der Waals surface area (Å²) in [5.41, 5.74) is 0. The van der Waals surface area contributed by atoms with Gasteiger partial charge in [0, 0.05) is 13.2 Å². The molecule has 0 heterocycles. The zero-order chi connectivity index (χ0) is 23.4. The van der Waals surface area contributed by atoms with E-state index in [0.29, 0.717) is 5.92 Å². The highest BCUT2D eigenvalue weighted by molar-refractivity contribution is 4.64. The average Bonchev–Trinajstić information content (AvgIpc) is 2.81. The molecule has 1 atom stereocenters. The van der Waals surface area contributed by atoms with Gasteiger partial charge in [-0.25, -0.2) is 0 Å². The summed E-state index contributed by atoms with van der Waals surface area (Å²) in [5.74, 6) is 0.362. The maximum absolute atomic E-state index is 9.60. The van der Waals surface area contributed by atoms with Gasteiger partial charge in [0.15, 0.2) is 0 Å². The highest BCUT2D eigenvalue weighted by Gasteiger charge is 2.06. The number of unbranched alkanes of at least 4 members (excludes halogenated alkanes) is 4. The molecule has 0 aliphatic carbocycles. The summed E-state index contributed by atoms with van der Waals surface area (Å²) >= 11 is 0. The first kappa shape index (κ1) is 31.7. The van der Waals surface area contributed by atoms with Crippen molar-refractivity contribution in [2.45, 2.75) is 71.6 Å². The molecule has 0 amide bonds. The topological polar surface area (TPSA) is 92.4 Å². The largest absolute Gasteiger partial charge is 0.396 e. The van der Waals surface area contributed by atoms with Gasteiger partial charge in [-0.1, -0.05) is 13.8 Å². The van der Waals surface area contributed by atoms with Gasteiger partial charge >= 0.3 is 0 Å². The Hall–Kier alpha value is -0.280. The Kier molecular flexibility index (Phi) is 28.5. The summed E-state index contributed by atoms with van der Waals surface area (Å²) < 4.78 is 0. The maximum atomic E-state index is 9.60. The minimum Gasteiger partial charge on any atom is -0.396 e. The van der Waals surface area contributed by atoms with Crippen LogP contribution in [0.2, 0.25) is 0 Å². The molecule has 0 aliphatic heterocycles. The van der Waals surface area contributed by atoms with Gasteiger partial charge in [0.25, 0.3) is 0 Å². The minimum absolute atomic E-state index is 0.279. The molecule has 0 aromatic rings. The van der Waals surface area contributed by atoms with E-state index in [2.05, 4.69) is 45.7 Å². The number of aliphatic hydroxyl groups is 1. The smallest absolute Gasteiger partial charge is 0.0471 e. The number of hydrogen-bond acceptors (Lipinski definition) is 7. The molecule has 7 nitrogen and oxygen atoms in total. The molecule has 7 N–H and O–H groups in total. The zero-order valence-electron chi connectivity index (χ0n) is 21.6. The van der Waals surface area contributed by atoms with Crippen molar-refractivity contribution >= 4 is 0 Å². The summed E-state index contributed by atoms with van der Waals surface area (Å²) in [6.07, 6.45) is 10.9. The molecule has 0 aliphatic rings. The highest BCUT2D eigenvalue weighted by Crippen LogP contribution is 2.00. The Bertz CT molecular complexity index is 336. The Morgan fingerprint density at radius 3 is 1.19 bits per heavy atom. The molecule has 0 aromatic heterocycles. The van der Waals surface area contributed by atoms with Crippen LogP contribution >= 0.6 is 0 Å². The van der Waals surface area contributed by atoms with Crippen molar-refractivity contribution in [3.63, 3.8) is 0 Å². The second-order valence-electron chi connectivity index (χ2n) is 8.83. The van der Waals surface area contributed by atoms with Crippen LogP contribution in [-0.4, -0.2) is 90.3 Å². The van der Waals surface area contributed by atoms with Gasteiger partial charge in [-0.15, -0.1) is 0 Å². The van der Waals surface area contributed by atoms with Crippen molar-refractivity contribution in [3.8, 4) is 0 Å². The summed E-state index contributed by atoms with van der Waals surface area (Å²) in [7, 11) is 0. The number of nitrogens with one attached hydrogen (secondary N) is 6. The minimum atomic E-state index is 0.279. The molecular formula is C25H58N6O. The van der Waals surface area contributed by atoms with E-state index in [9.17, 15) is 5.11 Å². The average molecular weight is 459 g/mol. The maximum Gasteiger partial charge on any atom is 0.0471 e. The summed E-state index contributed by atoms with van der Waals surface area (Å²) in [6.45, 7) is 17.6. The van der Waals surface area contributed by atoms with E-state index >= 15 is 0 Å². The summed E-state index contributed by atoms with van der Waals surface area (Å²) in [5, 5.41) is 30.4. The third kappa shape index (κ3) is 26.0. The van der Waals surface area contributed by atoms with Crippen LogP contribution in [0, 0.1) is 5.92 Å². The van der Waals surface area contributed by atoms with E-state index in [1.54, 1.807) is 0 Å². The quantitative estimate of drug-likeness (QED) is 0.0897. The molecule has 1 unspecified atom stereocenters. The molecule has 0 saturated heterocycles. The molecular weight excluding hydrogens is 400 g/mol. The number of rotatable bonds is 28. The Labute approximate surface area is 200 Å². The lowest BCUT2D eigenvalue weighted by Gasteiger charge is -2.15. The van der Waals surface area contributed by atoms with Crippen molar-refractivity contribution in [1.29, 1.82) is 0 Å². The van der Waals surface area contributed by atoms with E-state index in [0.717, 1.165) is 85.0 Å². The Morgan fingerprint density at radius 2 is 0.812 bits per heavy atom. The van der Waals surface area contributed by atoms with Gasteiger partial charge in [0.1, 0.15) is 0 Å². The van der Waals surface area contributed by atoms with Gasteiger partial charge < -0.3 is 37.0 Å². The lowest BCUT2D eigenvalue weighted by molar-refractivity contribution is 0.214. The molecule has 0 rings (SSSR count). The van der Waals surface area contributed by atoms with E-state index < -0.39 is 0 Å². The van der Waals surface area contributed by atoms with Gasteiger partial charge in [-0.3, -0.25) is 0 Å². The molecule has 194 valence electrons. The van der Waals surface area contributed by atoms with Crippen LogP contribution < -0.4 is 31.9 Å². The standard InChI is InChI=1S/C25H58N6O/c1-3-26-14-5-7-16-28-18-9-10-20-30-22-13-25(24-32)23-31-21-12-11-19-29-17-8-6-15-27-4-2/h25-32H,3-24H2,1-2H3. The molecule has 0 fully saturated rings. The van der Waals surface area contributed by atoms with E-state index in [4.69, 9.17) is 0 Å². The van der Waals surface area contributed by atoms with Crippen LogP contribution in [0.4, 0.5) is 0 Å². The first-order valence-electron chi connectivity index (χ1n) is 13.7. The van der Waals surface area contributed by atoms with Crippen molar-refractivity contribution < 1.29 is 5.11 Å². The van der Waals surface area contributed by atoms with Crippen LogP contribution in [0.25, 0.3) is 0 Å². The van der Waals surface area contributed by atoms with Crippen molar-refractivity contribution in [1.82, 2.24) is 31.9 Å². The molecule has 7 heteroatoms. The highest BCUT2D eigenvalue weighted by atomic mass is 16.3. The van der Waals surface area contributed by atoms with Crippen LogP contribution in [0.15, 0.2) is 0 Å². The fourth-order valence-electron chi connectivity index (χ4n) is 3.60. The summed E-state index contributed by atoms with van der Waals surface area (Å²) in [4.78, 5) is 0. The van der Waals surface area contributed by atoms with Gasteiger partial charge in [-0.05, 0) is 136 Å². The normalized spacial score (nSPS) is 12.5. The number of aliphatic hydroxyl groups excluding tert-OH is 1. The second-order valence-corrected chi connectivity index (χ2v) is 8.83. The lowest BCUT2D eigenvalue weighted by Crippen LogP contribution is -2.30. The molecule has 0 radical (unpaired) electrons. The lowest BCUT2D eigenvalue weighted by atomic mass is 10.1. The Morgan fingerprint density at radius 1 is 0.469 bits per heavy atom. The first-order chi connectivity index (χ1) is 15.8. The van der Waals surface area contributed by atoms with Crippen LogP contribution in [0.5, 0.6) is 0 Å². The summed E-state index contributed by atoms with van der Waals surface area (Å²) in [6, 6.07) is 0. The van der Waals surface area contributed by atoms with Gasteiger partial charge in [-0.2, -0.15) is 0 Å². The van der Waals surface area contributed by atoms with E-state index in [1.807, 2.05) is 0 Å². The van der Waals surface area contributed by atoms with E-state index in [-0.39, 0.29) is 6.61 Å². The fraction of sp³-hybridized carbons (Fsp3) is 1.00. The molecule has 0 saturated carbocycles. The van der Waals surface area contributed by atoms with Gasteiger partial charge in [0.05, 0.1) is 0 Å². The van der Waals surface area contributed by atoms with Crippen LogP contribution in [0.1, 0.15) is 71.6 Å². The van der Waals surface area contributed by atoms with Gasteiger partial charge in [0.2, 0.25) is 0 Å². The predicted molar refractivity (Wildman–Crippen MR) is 141 cm³/mol. The van der Waals surface area contributed by atoms with Crippen LogP contribution in [0.3, 0.4) is 0 Å². The second kappa shape index (κ2) is 28.8. The SMILES string of the molecule is CCNCCCCNCCCCNCCC(CO)CNCCCCNCCCCNCC. The fourth-order valence-corrected chi connectivity index (χ4v) is 3.60. The van der Waals surface area contributed by atoms with Crippen molar-refractivity contribution in [2.75, 3.05) is 85.1 Å². The molecule has 0 spiro atoms. The monoisotopic (exact) mass is 458 g/mol. The number of hydrogen-bond donors (Lipinski definition) is 7. The van der Waals surface area contributed by atoms with Crippen LogP contribution in [-0.2, 0) is 0 Å². The molecule has 0 aromatic carbocycles. The van der Waals surface area contributed by atoms with Crippen molar-refractivity contribution in [2.24, 2.45) is 5.92 Å².